The molecule has 0 saturated heterocycles. The summed E-state index contributed by atoms with van der Waals surface area (Å²) >= 11 is 5.71. The average Bonchev–Trinajstić information content (AvgIpc) is 2.19. The first-order chi connectivity index (χ1) is 7.04. The second-order valence-corrected chi connectivity index (χ2v) is 3.36. The Morgan fingerprint density at radius 1 is 1.47 bits per heavy atom. The van der Waals surface area contributed by atoms with Gasteiger partial charge in [-0.3, -0.25) is 0 Å². The van der Waals surface area contributed by atoms with Gasteiger partial charge in [0.25, 0.3) is 0 Å². The van der Waals surface area contributed by atoms with E-state index in [1.807, 2.05) is 0 Å². The Morgan fingerprint density at radius 2 is 2.13 bits per heavy atom. The molecule has 0 bridgehead atoms. The summed E-state index contributed by atoms with van der Waals surface area (Å²) in [5.74, 6) is -0.413. The van der Waals surface area contributed by atoms with Crippen LogP contribution < -0.4 is 4.74 Å². The number of halogens is 3. The minimum absolute atomic E-state index is 0.0786. The van der Waals surface area contributed by atoms with Gasteiger partial charge in [0, 0.05) is 12.5 Å². The SMILES string of the molecule is [CH2]C(CO)c1ccc(OC(F)F)c(Cl)c1. The van der Waals surface area contributed by atoms with Gasteiger partial charge in [0.15, 0.2) is 0 Å². The van der Waals surface area contributed by atoms with Gasteiger partial charge in [-0.25, -0.2) is 0 Å². The van der Waals surface area contributed by atoms with Gasteiger partial charge >= 0.3 is 6.61 Å². The van der Waals surface area contributed by atoms with Crippen LogP contribution in [0.4, 0.5) is 8.78 Å². The first-order valence-electron chi connectivity index (χ1n) is 4.22. The number of hydrogen-bond donors (Lipinski definition) is 1. The molecule has 0 aliphatic rings. The average molecular weight is 236 g/mol. The van der Waals surface area contributed by atoms with E-state index in [1.165, 1.54) is 18.2 Å². The van der Waals surface area contributed by atoms with Crippen molar-refractivity contribution >= 4 is 11.6 Å². The highest BCUT2D eigenvalue weighted by molar-refractivity contribution is 6.32. The Bertz CT molecular complexity index is 331. The highest BCUT2D eigenvalue weighted by Crippen LogP contribution is 2.29. The van der Waals surface area contributed by atoms with Crippen LogP contribution in [0.25, 0.3) is 0 Å². The third-order valence-corrected chi connectivity index (χ3v) is 2.16. The van der Waals surface area contributed by atoms with E-state index < -0.39 is 6.61 Å². The lowest BCUT2D eigenvalue weighted by molar-refractivity contribution is -0.0497. The predicted octanol–water partition coefficient (Wildman–Crippen LogP) is 2.85. The Hall–Kier alpha value is -0.870. The van der Waals surface area contributed by atoms with Crippen molar-refractivity contribution in [2.75, 3.05) is 6.61 Å². The second kappa shape index (κ2) is 5.28. The first kappa shape index (κ1) is 12.2. The van der Waals surface area contributed by atoms with Gasteiger partial charge < -0.3 is 9.84 Å². The van der Waals surface area contributed by atoms with Crippen molar-refractivity contribution in [3.05, 3.63) is 35.7 Å². The summed E-state index contributed by atoms with van der Waals surface area (Å²) in [7, 11) is 0. The molecular formula is C10H10ClF2O2. The van der Waals surface area contributed by atoms with Crippen molar-refractivity contribution < 1.29 is 18.6 Å². The number of alkyl halides is 2. The maximum absolute atomic E-state index is 11.9. The van der Waals surface area contributed by atoms with E-state index in [1.54, 1.807) is 0 Å². The molecule has 0 aliphatic carbocycles. The fraction of sp³-hybridized carbons (Fsp3) is 0.300. The van der Waals surface area contributed by atoms with Gasteiger partial charge in [0.2, 0.25) is 0 Å². The van der Waals surface area contributed by atoms with E-state index in [-0.39, 0.29) is 23.3 Å². The van der Waals surface area contributed by atoms with Gasteiger partial charge in [0.1, 0.15) is 5.75 Å². The van der Waals surface area contributed by atoms with Crippen molar-refractivity contribution in [1.29, 1.82) is 0 Å². The van der Waals surface area contributed by atoms with Gasteiger partial charge in [-0.05, 0) is 24.6 Å². The van der Waals surface area contributed by atoms with Gasteiger partial charge in [-0.2, -0.15) is 8.78 Å². The van der Waals surface area contributed by atoms with Crippen molar-refractivity contribution in [1.82, 2.24) is 0 Å². The summed E-state index contributed by atoms with van der Waals surface area (Å²) in [6.07, 6.45) is 0. The number of benzene rings is 1. The molecular weight excluding hydrogens is 226 g/mol. The molecule has 0 aliphatic heterocycles. The van der Waals surface area contributed by atoms with Crippen LogP contribution >= 0.6 is 11.6 Å². The lowest BCUT2D eigenvalue weighted by Gasteiger charge is -2.11. The molecule has 1 aromatic rings. The summed E-state index contributed by atoms with van der Waals surface area (Å²) in [5, 5.41) is 8.92. The molecule has 15 heavy (non-hydrogen) atoms. The van der Waals surface area contributed by atoms with Crippen LogP contribution in [0.1, 0.15) is 11.5 Å². The molecule has 1 N–H and O–H groups in total. The first-order valence-corrected chi connectivity index (χ1v) is 4.60. The third kappa shape index (κ3) is 3.32. The van der Waals surface area contributed by atoms with Crippen LogP contribution in [-0.2, 0) is 0 Å². The van der Waals surface area contributed by atoms with Gasteiger partial charge in [-0.1, -0.05) is 17.7 Å². The Kier molecular flexibility index (Phi) is 4.29. The quantitative estimate of drug-likeness (QED) is 0.870. The lowest BCUT2D eigenvalue weighted by Crippen LogP contribution is -2.04. The van der Waals surface area contributed by atoms with E-state index in [0.29, 0.717) is 5.56 Å². The molecule has 1 radical (unpaired) electrons. The van der Waals surface area contributed by atoms with Crippen LogP contribution in [-0.4, -0.2) is 18.3 Å². The number of rotatable bonds is 4. The zero-order valence-corrected chi connectivity index (χ0v) is 8.55. The fourth-order valence-electron chi connectivity index (χ4n) is 1.07. The van der Waals surface area contributed by atoms with Gasteiger partial charge in [0.05, 0.1) is 5.02 Å². The van der Waals surface area contributed by atoms with Crippen LogP contribution in [0.3, 0.4) is 0 Å². The summed E-state index contributed by atoms with van der Waals surface area (Å²) < 4.78 is 28.0. The van der Waals surface area contributed by atoms with Crippen molar-refractivity contribution in [3.8, 4) is 5.75 Å². The zero-order chi connectivity index (χ0) is 11.4. The Balaban J connectivity index is 2.88. The molecule has 0 saturated carbocycles. The Morgan fingerprint density at radius 3 is 2.60 bits per heavy atom. The smallest absolute Gasteiger partial charge is 0.387 e. The van der Waals surface area contributed by atoms with E-state index in [9.17, 15) is 8.78 Å². The van der Waals surface area contributed by atoms with E-state index in [4.69, 9.17) is 16.7 Å². The van der Waals surface area contributed by atoms with Crippen LogP contribution in [0.5, 0.6) is 5.75 Å². The highest BCUT2D eigenvalue weighted by Gasteiger charge is 2.11. The molecule has 2 nitrogen and oxygen atoms in total. The van der Waals surface area contributed by atoms with E-state index in [2.05, 4.69) is 11.7 Å². The number of aliphatic hydroxyl groups excluding tert-OH is 1. The highest BCUT2D eigenvalue weighted by atomic mass is 35.5. The summed E-state index contributed by atoms with van der Waals surface area (Å²) in [4.78, 5) is 0. The normalized spacial score (nSPS) is 12.9. The molecule has 0 aromatic heterocycles. The van der Waals surface area contributed by atoms with Crippen LogP contribution in [0, 0.1) is 6.92 Å². The van der Waals surface area contributed by atoms with E-state index >= 15 is 0 Å². The van der Waals surface area contributed by atoms with Crippen molar-refractivity contribution in [2.45, 2.75) is 12.5 Å². The molecule has 1 atom stereocenters. The summed E-state index contributed by atoms with van der Waals surface area (Å²) in [5.41, 5.74) is 0.670. The molecule has 0 fully saturated rings. The monoisotopic (exact) mass is 235 g/mol. The molecule has 1 rings (SSSR count). The number of ether oxygens (including phenoxy) is 1. The van der Waals surface area contributed by atoms with Crippen LogP contribution in [0.15, 0.2) is 18.2 Å². The molecule has 1 aromatic carbocycles. The second-order valence-electron chi connectivity index (χ2n) is 2.95. The minimum Gasteiger partial charge on any atom is -0.433 e. The fourth-order valence-corrected chi connectivity index (χ4v) is 1.30. The Labute approximate surface area is 91.4 Å². The molecule has 83 valence electrons. The number of hydrogen-bond acceptors (Lipinski definition) is 2. The van der Waals surface area contributed by atoms with Gasteiger partial charge in [-0.15, -0.1) is 0 Å². The zero-order valence-electron chi connectivity index (χ0n) is 7.79. The largest absolute Gasteiger partial charge is 0.433 e. The molecule has 0 heterocycles. The molecule has 1 unspecified atom stereocenters. The molecule has 0 spiro atoms. The molecule has 5 heteroatoms. The topological polar surface area (TPSA) is 29.5 Å². The molecule has 0 amide bonds. The standard InChI is InChI=1S/C10H10ClF2O2/c1-6(5-14)7-2-3-9(8(11)4-7)15-10(12)13/h2-4,6,10,14H,1,5H2. The predicted molar refractivity (Wildman–Crippen MR) is 53.3 cm³/mol. The lowest BCUT2D eigenvalue weighted by atomic mass is 10.0. The maximum Gasteiger partial charge on any atom is 0.387 e. The summed E-state index contributed by atoms with van der Waals surface area (Å²) in [6.45, 7) is 0.626. The van der Waals surface area contributed by atoms with Crippen molar-refractivity contribution in [2.24, 2.45) is 0 Å². The third-order valence-electron chi connectivity index (χ3n) is 1.86. The van der Waals surface area contributed by atoms with Crippen LogP contribution in [0.2, 0.25) is 5.02 Å². The van der Waals surface area contributed by atoms with Crippen molar-refractivity contribution in [3.63, 3.8) is 0 Å². The minimum atomic E-state index is -2.90. The summed E-state index contributed by atoms with van der Waals surface area (Å²) in [6, 6.07) is 4.32. The van der Waals surface area contributed by atoms with E-state index in [0.717, 1.165) is 0 Å². The maximum atomic E-state index is 11.9. The number of aliphatic hydroxyl groups is 1.